The number of nitrogens with one attached hydrogen (secondary N) is 3. The molecule has 324 valence electrons. The standard InChI is InChI=1S/C44H76N6O7/c1-16-29(6)38(48(12)43(55)36(27(2)3)47-42(54)37(28(4)5)49(13)44(8,9)10)34(56-14)26-35(51)50-24-20-23-33(50)39(57-15)30(7)40(52)46-32(41(53)45-11)25-31-21-18-17-19-22-31/h17-19,21-22,27-30,32-34,36-39H,16,20,23-26H2,1-15H3,(H,45,53)(H,46,52)(H,47,54)/t29-,30+,32-,33-,34+,36-,37-,38-,39+/m0/s1. The van der Waals surface area contributed by atoms with Crippen LogP contribution in [-0.4, -0.2) is 134 Å². The molecule has 1 aliphatic rings. The highest BCUT2D eigenvalue weighted by Gasteiger charge is 2.44. The van der Waals surface area contributed by atoms with E-state index in [9.17, 15) is 24.0 Å². The van der Waals surface area contributed by atoms with E-state index in [2.05, 4.69) is 36.7 Å². The zero-order chi connectivity index (χ0) is 43.4. The van der Waals surface area contributed by atoms with Gasteiger partial charge in [0, 0.05) is 46.8 Å². The van der Waals surface area contributed by atoms with Crippen molar-refractivity contribution in [2.45, 2.75) is 149 Å². The SMILES string of the molecule is CC[C@H](C)[C@@H]([C@@H](CC(=O)N1CCC[C@H]1[C@H](OC)[C@@H](C)C(=O)N[C@@H](Cc1ccccc1)C(=O)NC)OC)N(C)C(=O)[C@@H](NC(=O)[C@H](C(C)C)N(C)C(C)(C)C)C(C)C. The lowest BCUT2D eigenvalue weighted by Crippen LogP contribution is -2.61. The van der Waals surface area contributed by atoms with Crippen LogP contribution in [0.1, 0.15) is 100 Å². The van der Waals surface area contributed by atoms with E-state index in [1.807, 2.05) is 83.8 Å². The van der Waals surface area contributed by atoms with Crippen molar-refractivity contribution in [3.05, 3.63) is 35.9 Å². The second kappa shape index (κ2) is 22.6. The molecule has 0 radical (unpaired) electrons. The molecule has 1 aromatic rings. The Kier molecular flexibility index (Phi) is 19.6. The van der Waals surface area contributed by atoms with Crippen molar-refractivity contribution in [1.82, 2.24) is 30.7 Å². The third-order valence-electron chi connectivity index (χ3n) is 12.0. The first kappa shape index (κ1) is 49.6. The van der Waals surface area contributed by atoms with Crippen LogP contribution in [0.3, 0.4) is 0 Å². The second-order valence-corrected chi connectivity index (χ2v) is 17.7. The van der Waals surface area contributed by atoms with Gasteiger partial charge in [0.2, 0.25) is 29.5 Å². The third-order valence-corrected chi connectivity index (χ3v) is 12.0. The minimum atomic E-state index is -0.786. The van der Waals surface area contributed by atoms with Gasteiger partial charge in [0.15, 0.2) is 0 Å². The van der Waals surface area contributed by atoms with Crippen LogP contribution in [0.5, 0.6) is 0 Å². The minimum Gasteiger partial charge on any atom is -0.379 e. The second-order valence-electron chi connectivity index (χ2n) is 17.7. The predicted octanol–water partition coefficient (Wildman–Crippen LogP) is 4.28. The van der Waals surface area contributed by atoms with E-state index in [-0.39, 0.29) is 65.3 Å². The van der Waals surface area contributed by atoms with E-state index in [1.54, 1.807) is 45.0 Å². The van der Waals surface area contributed by atoms with E-state index in [0.717, 1.165) is 18.4 Å². The Morgan fingerprint density at radius 3 is 1.98 bits per heavy atom. The van der Waals surface area contributed by atoms with E-state index in [1.165, 1.54) is 0 Å². The highest BCUT2D eigenvalue weighted by molar-refractivity contribution is 5.90. The van der Waals surface area contributed by atoms with Crippen LogP contribution >= 0.6 is 0 Å². The van der Waals surface area contributed by atoms with Gasteiger partial charge in [0.1, 0.15) is 12.1 Å². The molecule has 0 bridgehead atoms. The van der Waals surface area contributed by atoms with Crippen LogP contribution in [0.15, 0.2) is 30.3 Å². The normalized spacial score (nSPS) is 19.0. The molecule has 1 aliphatic heterocycles. The fourth-order valence-electron chi connectivity index (χ4n) is 8.16. The van der Waals surface area contributed by atoms with Crippen molar-refractivity contribution < 1.29 is 33.4 Å². The Balaban J connectivity index is 2.31. The van der Waals surface area contributed by atoms with Gasteiger partial charge in [0.25, 0.3) is 0 Å². The monoisotopic (exact) mass is 801 g/mol. The van der Waals surface area contributed by atoms with Gasteiger partial charge in [-0.3, -0.25) is 28.9 Å². The number of carbonyl (C=O) groups excluding carboxylic acids is 5. The Bertz CT molecular complexity index is 1450. The fraction of sp³-hybridized carbons (Fsp3) is 0.750. The maximum Gasteiger partial charge on any atom is 0.245 e. The Labute approximate surface area is 343 Å². The fourth-order valence-corrected chi connectivity index (χ4v) is 8.16. The molecule has 5 amide bonds. The smallest absolute Gasteiger partial charge is 0.245 e. The number of benzene rings is 1. The predicted molar refractivity (Wildman–Crippen MR) is 225 cm³/mol. The summed E-state index contributed by atoms with van der Waals surface area (Å²) in [5.74, 6) is -2.12. The number of methoxy groups -OCH3 is 2. The van der Waals surface area contributed by atoms with Crippen molar-refractivity contribution in [3.8, 4) is 0 Å². The third kappa shape index (κ3) is 13.2. The highest BCUT2D eigenvalue weighted by Crippen LogP contribution is 2.30. The molecule has 2 rings (SSSR count). The summed E-state index contributed by atoms with van der Waals surface area (Å²) in [6.07, 6.45) is 1.18. The van der Waals surface area contributed by atoms with Gasteiger partial charge < -0.3 is 35.2 Å². The lowest BCUT2D eigenvalue weighted by molar-refractivity contribution is -0.148. The summed E-state index contributed by atoms with van der Waals surface area (Å²) in [5, 5.41) is 8.69. The van der Waals surface area contributed by atoms with Crippen molar-refractivity contribution in [1.29, 1.82) is 0 Å². The number of likely N-dealkylation sites (N-methyl/N-ethyl adjacent to an activating group) is 3. The van der Waals surface area contributed by atoms with Gasteiger partial charge in [-0.1, -0.05) is 85.2 Å². The topological polar surface area (TPSA) is 150 Å². The summed E-state index contributed by atoms with van der Waals surface area (Å²) < 4.78 is 12.0. The molecule has 13 heteroatoms. The summed E-state index contributed by atoms with van der Waals surface area (Å²) in [4.78, 5) is 74.6. The largest absolute Gasteiger partial charge is 0.379 e. The highest BCUT2D eigenvalue weighted by atomic mass is 16.5. The quantitative estimate of drug-likeness (QED) is 0.167. The van der Waals surface area contributed by atoms with Gasteiger partial charge in [-0.05, 0) is 64.0 Å². The van der Waals surface area contributed by atoms with Gasteiger partial charge in [0.05, 0.1) is 42.7 Å². The summed E-state index contributed by atoms with van der Waals surface area (Å²) >= 11 is 0. The first-order valence-corrected chi connectivity index (χ1v) is 20.9. The van der Waals surface area contributed by atoms with E-state index >= 15 is 0 Å². The summed E-state index contributed by atoms with van der Waals surface area (Å²) in [6, 6.07) is 6.64. The van der Waals surface area contributed by atoms with Crippen LogP contribution in [0.4, 0.5) is 0 Å². The Morgan fingerprint density at radius 2 is 1.49 bits per heavy atom. The number of amides is 5. The van der Waals surface area contributed by atoms with E-state index in [4.69, 9.17) is 9.47 Å². The molecule has 13 nitrogen and oxygen atoms in total. The molecule has 0 saturated carbocycles. The molecule has 1 heterocycles. The molecule has 0 spiro atoms. The van der Waals surface area contributed by atoms with Gasteiger partial charge in [-0.2, -0.15) is 0 Å². The average Bonchev–Trinajstić information content (AvgIpc) is 3.65. The molecule has 1 aromatic carbocycles. The molecular weight excluding hydrogens is 725 g/mol. The Morgan fingerprint density at radius 1 is 0.877 bits per heavy atom. The van der Waals surface area contributed by atoms with Gasteiger partial charge in [-0.25, -0.2) is 0 Å². The zero-order valence-corrected chi connectivity index (χ0v) is 37.7. The number of hydrogen-bond acceptors (Lipinski definition) is 8. The lowest BCUT2D eigenvalue weighted by Gasteiger charge is -2.42. The number of hydrogen-bond donors (Lipinski definition) is 3. The minimum absolute atomic E-state index is 0.00946. The van der Waals surface area contributed by atoms with E-state index < -0.39 is 42.3 Å². The molecule has 0 aliphatic carbocycles. The molecule has 9 atom stereocenters. The number of rotatable bonds is 21. The van der Waals surface area contributed by atoms with Crippen LogP contribution in [0.2, 0.25) is 0 Å². The number of nitrogens with zero attached hydrogens (tertiary/aromatic N) is 3. The maximum absolute atomic E-state index is 14.4. The van der Waals surface area contributed by atoms with Crippen LogP contribution < -0.4 is 16.0 Å². The molecular formula is C44H76N6O7. The molecule has 0 unspecified atom stereocenters. The molecule has 3 N–H and O–H groups in total. The van der Waals surface area contributed by atoms with Gasteiger partial charge in [-0.15, -0.1) is 0 Å². The number of carbonyl (C=O) groups is 5. The zero-order valence-electron chi connectivity index (χ0n) is 37.7. The summed E-state index contributed by atoms with van der Waals surface area (Å²) in [6.45, 7) is 20.4. The molecule has 1 saturated heterocycles. The van der Waals surface area contributed by atoms with Crippen molar-refractivity contribution in [2.24, 2.45) is 23.7 Å². The molecule has 57 heavy (non-hydrogen) atoms. The molecule has 1 fully saturated rings. The van der Waals surface area contributed by atoms with Crippen molar-refractivity contribution in [3.63, 3.8) is 0 Å². The Hall–Kier alpha value is -3.55. The molecule has 0 aromatic heterocycles. The average molecular weight is 801 g/mol. The van der Waals surface area contributed by atoms with Crippen LogP contribution in [0.25, 0.3) is 0 Å². The first-order chi connectivity index (χ1) is 26.7. The van der Waals surface area contributed by atoms with Gasteiger partial charge >= 0.3 is 0 Å². The van der Waals surface area contributed by atoms with Crippen LogP contribution in [-0.2, 0) is 39.9 Å². The van der Waals surface area contributed by atoms with E-state index in [0.29, 0.717) is 19.4 Å². The lowest BCUT2D eigenvalue weighted by atomic mass is 9.89. The van der Waals surface area contributed by atoms with Crippen LogP contribution in [0, 0.1) is 23.7 Å². The summed E-state index contributed by atoms with van der Waals surface area (Å²) in [7, 11) is 8.32. The summed E-state index contributed by atoms with van der Waals surface area (Å²) in [5.41, 5.74) is 0.652. The van der Waals surface area contributed by atoms with Crippen molar-refractivity contribution >= 4 is 29.5 Å². The van der Waals surface area contributed by atoms with Crippen molar-refractivity contribution in [2.75, 3.05) is 41.9 Å². The maximum atomic E-state index is 14.4. The number of ether oxygens (including phenoxy) is 2. The number of likely N-dealkylation sites (tertiary alicyclic amines) is 1. The first-order valence-electron chi connectivity index (χ1n) is 20.9.